The third-order valence-electron chi connectivity index (χ3n) is 4.77. The van der Waals surface area contributed by atoms with Gasteiger partial charge in [0.15, 0.2) is 15.8 Å². The molecule has 30 heavy (non-hydrogen) atoms. The molecule has 6 nitrogen and oxygen atoms in total. The van der Waals surface area contributed by atoms with Crippen molar-refractivity contribution < 1.29 is 17.2 Å². The third-order valence-corrected chi connectivity index (χ3v) is 6.50. The highest BCUT2D eigenvalue weighted by atomic mass is 127. The van der Waals surface area contributed by atoms with Crippen LogP contribution in [0.2, 0.25) is 0 Å². The predicted octanol–water partition coefficient (Wildman–Crippen LogP) is 2.80. The smallest absolute Gasteiger partial charge is 0.191 e. The minimum Gasteiger partial charge on any atom is -0.365 e. The summed E-state index contributed by atoms with van der Waals surface area (Å²) in [6.45, 7) is 1.12. The third kappa shape index (κ3) is 6.03. The van der Waals surface area contributed by atoms with Crippen molar-refractivity contribution in [3.63, 3.8) is 0 Å². The van der Waals surface area contributed by atoms with Gasteiger partial charge in [-0.05, 0) is 30.7 Å². The van der Waals surface area contributed by atoms with Gasteiger partial charge in [0.1, 0.15) is 17.3 Å². The number of sulfone groups is 1. The van der Waals surface area contributed by atoms with E-state index in [1.165, 1.54) is 18.2 Å². The predicted molar refractivity (Wildman–Crippen MR) is 125 cm³/mol. The zero-order valence-electron chi connectivity index (χ0n) is 16.5. The van der Waals surface area contributed by atoms with Crippen molar-refractivity contribution in [3.05, 3.63) is 60.2 Å². The summed E-state index contributed by atoms with van der Waals surface area (Å²) in [5, 5.41) is 6.18. The molecule has 3 rings (SSSR count). The van der Waals surface area contributed by atoms with Crippen LogP contribution >= 0.6 is 24.0 Å². The molecule has 1 fully saturated rings. The van der Waals surface area contributed by atoms with Crippen LogP contribution in [-0.2, 0) is 9.84 Å². The van der Waals surface area contributed by atoms with Crippen LogP contribution in [0.5, 0.6) is 0 Å². The van der Waals surface area contributed by atoms with Gasteiger partial charge in [0.05, 0.1) is 10.6 Å². The van der Waals surface area contributed by atoms with Crippen LogP contribution in [0.25, 0.3) is 0 Å². The van der Waals surface area contributed by atoms with E-state index in [0.717, 1.165) is 0 Å². The number of nitrogens with zero attached hydrogens (tertiary/aromatic N) is 2. The van der Waals surface area contributed by atoms with E-state index in [2.05, 4.69) is 15.6 Å². The van der Waals surface area contributed by atoms with Crippen molar-refractivity contribution in [3.8, 4) is 0 Å². The average molecular weight is 550 g/mol. The summed E-state index contributed by atoms with van der Waals surface area (Å²) < 4.78 is 52.6. The SMILES string of the molecule is CN=C(NCCS(=O)(=O)c1ccccc1)NC1CCN(c2c(F)cccc2F)C1.I. The van der Waals surface area contributed by atoms with Crippen LogP contribution in [0, 0.1) is 11.6 Å². The van der Waals surface area contributed by atoms with Gasteiger partial charge in [0.25, 0.3) is 0 Å². The fourth-order valence-electron chi connectivity index (χ4n) is 3.31. The molecule has 1 unspecified atom stereocenters. The highest BCUT2D eigenvalue weighted by Crippen LogP contribution is 2.26. The Balaban J connectivity index is 0.00000320. The summed E-state index contributed by atoms with van der Waals surface area (Å²) in [5.41, 5.74) is -0.0197. The van der Waals surface area contributed by atoms with Crippen LogP contribution in [0.4, 0.5) is 14.5 Å². The number of halogens is 3. The molecule has 1 aliphatic heterocycles. The largest absolute Gasteiger partial charge is 0.365 e. The molecule has 10 heteroatoms. The maximum Gasteiger partial charge on any atom is 0.191 e. The maximum atomic E-state index is 14.0. The quantitative estimate of drug-likeness (QED) is 0.329. The van der Waals surface area contributed by atoms with E-state index in [9.17, 15) is 17.2 Å². The van der Waals surface area contributed by atoms with Crippen molar-refractivity contribution in [1.82, 2.24) is 10.6 Å². The van der Waals surface area contributed by atoms with E-state index in [4.69, 9.17) is 0 Å². The van der Waals surface area contributed by atoms with Crippen molar-refractivity contribution in [2.24, 2.45) is 4.99 Å². The lowest BCUT2D eigenvalue weighted by Gasteiger charge is -2.21. The molecule has 2 aromatic carbocycles. The Labute approximate surface area is 192 Å². The van der Waals surface area contributed by atoms with E-state index < -0.39 is 21.5 Å². The van der Waals surface area contributed by atoms with Gasteiger partial charge in [-0.15, -0.1) is 24.0 Å². The summed E-state index contributed by atoms with van der Waals surface area (Å²) >= 11 is 0. The first-order valence-corrected chi connectivity index (χ1v) is 11.0. The summed E-state index contributed by atoms with van der Waals surface area (Å²) in [6.07, 6.45) is 0.677. The number of nitrogens with one attached hydrogen (secondary N) is 2. The van der Waals surface area contributed by atoms with Crippen molar-refractivity contribution in [2.75, 3.05) is 37.3 Å². The first-order chi connectivity index (χ1) is 13.9. The van der Waals surface area contributed by atoms with Crippen LogP contribution in [0.3, 0.4) is 0 Å². The first kappa shape index (κ1) is 24.3. The van der Waals surface area contributed by atoms with Gasteiger partial charge in [-0.1, -0.05) is 24.3 Å². The van der Waals surface area contributed by atoms with Crippen molar-refractivity contribution in [1.29, 1.82) is 0 Å². The molecule has 0 amide bonds. The van der Waals surface area contributed by atoms with Gasteiger partial charge in [0, 0.05) is 32.7 Å². The number of para-hydroxylation sites is 1. The van der Waals surface area contributed by atoms with Gasteiger partial charge in [-0.3, -0.25) is 4.99 Å². The number of hydrogen-bond donors (Lipinski definition) is 2. The molecule has 0 saturated carbocycles. The van der Waals surface area contributed by atoms with Gasteiger partial charge < -0.3 is 15.5 Å². The van der Waals surface area contributed by atoms with Gasteiger partial charge in [-0.2, -0.15) is 0 Å². The standard InChI is InChI=1S/C20H24F2N4O2S.HI/c1-23-20(24-11-13-29(27,28)16-6-3-2-4-7-16)25-15-10-12-26(14-15)19-17(21)8-5-9-18(19)22;/h2-9,15H,10-14H2,1H3,(H2,23,24,25);1H. The molecule has 1 saturated heterocycles. The summed E-state index contributed by atoms with van der Waals surface area (Å²) in [7, 11) is -1.80. The molecule has 164 valence electrons. The fraction of sp³-hybridized carbons (Fsp3) is 0.350. The van der Waals surface area contributed by atoms with Gasteiger partial charge in [-0.25, -0.2) is 17.2 Å². The molecule has 2 N–H and O–H groups in total. The van der Waals surface area contributed by atoms with Gasteiger partial charge in [0.2, 0.25) is 0 Å². The summed E-state index contributed by atoms with van der Waals surface area (Å²) in [4.78, 5) is 6.05. The topological polar surface area (TPSA) is 73.8 Å². The molecule has 0 aromatic heterocycles. The average Bonchev–Trinajstić information content (AvgIpc) is 3.15. The highest BCUT2D eigenvalue weighted by molar-refractivity contribution is 14.0. The number of rotatable bonds is 6. The minimum atomic E-state index is -3.38. The lowest BCUT2D eigenvalue weighted by molar-refractivity contribution is 0.576. The Bertz CT molecular complexity index is 954. The maximum absolute atomic E-state index is 14.0. The minimum absolute atomic E-state index is 0. The molecular weight excluding hydrogens is 525 g/mol. The molecule has 0 bridgehead atoms. The summed E-state index contributed by atoms with van der Waals surface area (Å²) in [6, 6.07) is 12.0. The zero-order chi connectivity index (χ0) is 20.9. The fourth-order valence-corrected chi connectivity index (χ4v) is 4.49. The molecule has 0 aliphatic carbocycles. The Morgan fingerprint density at radius 3 is 2.43 bits per heavy atom. The van der Waals surface area contributed by atoms with Crippen LogP contribution in [-0.4, -0.2) is 52.9 Å². The van der Waals surface area contributed by atoms with E-state index >= 15 is 0 Å². The first-order valence-electron chi connectivity index (χ1n) is 9.34. The number of hydrogen-bond acceptors (Lipinski definition) is 4. The second kappa shape index (κ2) is 10.9. The Hall–Kier alpha value is -1.95. The lowest BCUT2D eigenvalue weighted by atomic mass is 10.2. The van der Waals surface area contributed by atoms with E-state index in [-0.39, 0.29) is 52.9 Å². The number of aliphatic imine (C=N–C) groups is 1. The normalized spacial score (nSPS) is 16.8. The Morgan fingerprint density at radius 2 is 1.80 bits per heavy atom. The Morgan fingerprint density at radius 1 is 1.13 bits per heavy atom. The number of benzene rings is 2. The monoisotopic (exact) mass is 550 g/mol. The molecular formula is C20H25F2IN4O2S. The lowest BCUT2D eigenvalue weighted by Crippen LogP contribution is -2.45. The molecule has 1 aliphatic rings. The van der Waals surface area contributed by atoms with Crippen molar-refractivity contribution >= 4 is 45.5 Å². The molecule has 0 spiro atoms. The molecule has 0 radical (unpaired) electrons. The highest BCUT2D eigenvalue weighted by Gasteiger charge is 2.27. The number of guanidine groups is 1. The molecule has 1 atom stereocenters. The van der Waals surface area contributed by atoms with E-state index in [1.807, 2.05) is 0 Å². The molecule has 2 aromatic rings. The molecule has 1 heterocycles. The van der Waals surface area contributed by atoms with Crippen LogP contribution in [0.15, 0.2) is 58.4 Å². The number of anilines is 1. The Kier molecular flexibility index (Phi) is 8.83. The van der Waals surface area contributed by atoms with E-state index in [1.54, 1.807) is 42.3 Å². The van der Waals surface area contributed by atoms with Crippen molar-refractivity contribution in [2.45, 2.75) is 17.4 Å². The zero-order valence-corrected chi connectivity index (χ0v) is 19.7. The van der Waals surface area contributed by atoms with Crippen LogP contribution < -0.4 is 15.5 Å². The second-order valence-corrected chi connectivity index (χ2v) is 8.89. The van der Waals surface area contributed by atoms with Crippen LogP contribution in [0.1, 0.15) is 6.42 Å². The summed E-state index contributed by atoms with van der Waals surface area (Å²) in [5.74, 6) is -0.790. The van der Waals surface area contributed by atoms with Gasteiger partial charge >= 0.3 is 0 Å². The van der Waals surface area contributed by atoms with E-state index in [0.29, 0.717) is 25.5 Å². The second-order valence-electron chi connectivity index (χ2n) is 6.78.